The first-order valence-electron chi connectivity index (χ1n) is 3.46. The van der Waals surface area contributed by atoms with Gasteiger partial charge in [0.15, 0.2) is 5.13 Å². The van der Waals surface area contributed by atoms with E-state index in [1.807, 2.05) is 6.92 Å². The summed E-state index contributed by atoms with van der Waals surface area (Å²) < 4.78 is 13.0. The maximum absolute atomic E-state index is 13.0. The van der Waals surface area contributed by atoms with E-state index >= 15 is 0 Å². The van der Waals surface area contributed by atoms with Crippen LogP contribution >= 0.6 is 11.3 Å². The molecule has 0 saturated carbocycles. The normalized spacial score (nSPS) is 12.1. The molecule has 1 nitrogen and oxygen atoms in total. The zero-order valence-electron chi connectivity index (χ0n) is 6.94. The van der Waals surface area contributed by atoms with E-state index in [0.717, 1.165) is 16.2 Å². The number of halogens is 1. The molecule has 1 heterocycles. The lowest BCUT2D eigenvalue weighted by Crippen LogP contribution is -2.28. The van der Waals surface area contributed by atoms with Crippen LogP contribution in [0.25, 0.3) is 0 Å². The molecule has 3 heteroatoms. The van der Waals surface area contributed by atoms with E-state index < -0.39 is 5.54 Å². The fourth-order valence-corrected chi connectivity index (χ4v) is 1.82. The molecule has 0 bridgehead atoms. The molecule has 0 amide bonds. The van der Waals surface area contributed by atoms with Gasteiger partial charge < -0.3 is 5.73 Å². The minimum atomic E-state index is -0.561. The van der Waals surface area contributed by atoms with Crippen LogP contribution < -0.4 is 5.73 Å². The van der Waals surface area contributed by atoms with Crippen LogP contribution in [0.3, 0.4) is 0 Å². The average molecular weight is 173 g/mol. The molecular formula is C8H12FNS. The first kappa shape index (κ1) is 8.68. The van der Waals surface area contributed by atoms with Crippen molar-refractivity contribution in [2.75, 3.05) is 0 Å². The maximum atomic E-state index is 13.0. The monoisotopic (exact) mass is 173 g/mol. The molecule has 0 aromatic carbocycles. The van der Waals surface area contributed by atoms with Gasteiger partial charge in [-0.1, -0.05) is 0 Å². The van der Waals surface area contributed by atoms with Crippen molar-refractivity contribution in [3.63, 3.8) is 0 Å². The summed E-state index contributed by atoms with van der Waals surface area (Å²) in [6.07, 6.45) is 0. The van der Waals surface area contributed by atoms with Gasteiger partial charge in [0.05, 0.1) is 0 Å². The Kier molecular flexibility index (Phi) is 2.03. The Morgan fingerprint density at radius 1 is 1.55 bits per heavy atom. The second-order valence-corrected chi connectivity index (χ2v) is 4.47. The van der Waals surface area contributed by atoms with Gasteiger partial charge in [0.2, 0.25) is 0 Å². The first-order chi connectivity index (χ1) is 4.91. The summed E-state index contributed by atoms with van der Waals surface area (Å²) >= 11 is 1.15. The van der Waals surface area contributed by atoms with E-state index in [1.165, 1.54) is 0 Å². The van der Waals surface area contributed by atoms with Crippen LogP contribution in [0.15, 0.2) is 6.07 Å². The molecule has 0 aliphatic carbocycles. The third-order valence-electron chi connectivity index (χ3n) is 1.50. The topological polar surface area (TPSA) is 26.0 Å². The Labute approximate surface area is 70.0 Å². The zero-order valence-corrected chi connectivity index (χ0v) is 7.76. The standard InChI is InChI=1S/C8H12FNS/c1-5-4-6(7(9)11-5)8(2,3)10/h4H,10H2,1-3H3. The van der Waals surface area contributed by atoms with Gasteiger partial charge in [-0.05, 0) is 26.8 Å². The maximum Gasteiger partial charge on any atom is 0.181 e. The molecule has 0 aliphatic heterocycles. The lowest BCUT2D eigenvalue weighted by molar-refractivity contribution is 0.514. The van der Waals surface area contributed by atoms with Crippen molar-refractivity contribution in [1.29, 1.82) is 0 Å². The fraction of sp³-hybridized carbons (Fsp3) is 0.500. The molecule has 0 atom stereocenters. The van der Waals surface area contributed by atoms with Crippen LogP contribution in [0.1, 0.15) is 24.3 Å². The van der Waals surface area contributed by atoms with E-state index in [1.54, 1.807) is 19.9 Å². The predicted molar refractivity (Wildman–Crippen MR) is 46.2 cm³/mol. The van der Waals surface area contributed by atoms with Crippen LogP contribution in [-0.2, 0) is 5.54 Å². The van der Waals surface area contributed by atoms with Crippen LogP contribution in [0.5, 0.6) is 0 Å². The number of thiophene rings is 1. The lowest BCUT2D eigenvalue weighted by Gasteiger charge is -2.16. The Bertz CT molecular complexity index is 260. The van der Waals surface area contributed by atoms with Gasteiger partial charge in [-0.15, -0.1) is 11.3 Å². The summed E-state index contributed by atoms with van der Waals surface area (Å²) in [4.78, 5) is 0.969. The van der Waals surface area contributed by atoms with Crippen LogP contribution in [0.4, 0.5) is 4.39 Å². The smallest absolute Gasteiger partial charge is 0.181 e. The van der Waals surface area contributed by atoms with Crippen molar-refractivity contribution < 1.29 is 4.39 Å². The predicted octanol–water partition coefficient (Wildman–Crippen LogP) is 2.39. The highest BCUT2D eigenvalue weighted by Crippen LogP contribution is 2.27. The summed E-state index contributed by atoms with van der Waals surface area (Å²) in [5, 5.41) is -0.157. The van der Waals surface area contributed by atoms with Gasteiger partial charge in [0, 0.05) is 16.0 Å². The molecule has 2 N–H and O–H groups in total. The minimum absolute atomic E-state index is 0.157. The van der Waals surface area contributed by atoms with Gasteiger partial charge in [-0.25, -0.2) is 0 Å². The van der Waals surface area contributed by atoms with E-state index in [4.69, 9.17) is 5.73 Å². The average Bonchev–Trinajstić information content (AvgIpc) is 2.08. The van der Waals surface area contributed by atoms with Gasteiger partial charge in [-0.2, -0.15) is 4.39 Å². The van der Waals surface area contributed by atoms with Crippen LogP contribution in [0, 0.1) is 12.1 Å². The fourth-order valence-electron chi connectivity index (χ4n) is 0.925. The molecule has 1 aromatic heterocycles. The third kappa shape index (κ3) is 1.79. The second-order valence-electron chi connectivity index (χ2n) is 3.27. The Morgan fingerprint density at radius 3 is 2.27 bits per heavy atom. The minimum Gasteiger partial charge on any atom is -0.322 e. The van der Waals surface area contributed by atoms with Crippen molar-refractivity contribution in [3.8, 4) is 0 Å². The van der Waals surface area contributed by atoms with Crippen molar-refractivity contribution in [3.05, 3.63) is 21.6 Å². The molecule has 1 aromatic rings. The van der Waals surface area contributed by atoms with E-state index in [0.29, 0.717) is 5.56 Å². The van der Waals surface area contributed by atoms with Crippen molar-refractivity contribution in [2.24, 2.45) is 5.73 Å². The summed E-state index contributed by atoms with van der Waals surface area (Å²) in [5.74, 6) is 0. The molecule has 1 rings (SSSR count). The highest BCUT2D eigenvalue weighted by Gasteiger charge is 2.20. The Morgan fingerprint density at radius 2 is 2.09 bits per heavy atom. The highest BCUT2D eigenvalue weighted by molar-refractivity contribution is 7.10. The molecule has 11 heavy (non-hydrogen) atoms. The molecule has 0 saturated heterocycles. The summed E-state index contributed by atoms with van der Waals surface area (Å²) in [5.41, 5.74) is 5.79. The molecule has 0 fully saturated rings. The van der Waals surface area contributed by atoms with E-state index in [2.05, 4.69) is 0 Å². The third-order valence-corrected chi connectivity index (χ3v) is 2.34. The van der Waals surface area contributed by atoms with Gasteiger partial charge in [0.1, 0.15) is 0 Å². The quantitative estimate of drug-likeness (QED) is 0.693. The van der Waals surface area contributed by atoms with E-state index in [9.17, 15) is 4.39 Å². The van der Waals surface area contributed by atoms with Crippen molar-refractivity contribution >= 4 is 11.3 Å². The summed E-state index contributed by atoms with van der Waals surface area (Å²) in [6.45, 7) is 5.48. The van der Waals surface area contributed by atoms with Gasteiger partial charge in [0.25, 0.3) is 0 Å². The molecular weight excluding hydrogens is 161 g/mol. The Hall–Kier alpha value is -0.410. The first-order valence-corrected chi connectivity index (χ1v) is 4.28. The van der Waals surface area contributed by atoms with Crippen molar-refractivity contribution in [2.45, 2.75) is 26.3 Å². The molecule has 0 unspecified atom stereocenters. The van der Waals surface area contributed by atoms with Gasteiger partial charge in [-0.3, -0.25) is 0 Å². The van der Waals surface area contributed by atoms with Crippen LogP contribution in [-0.4, -0.2) is 0 Å². The van der Waals surface area contributed by atoms with Crippen LogP contribution in [0.2, 0.25) is 0 Å². The number of nitrogens with two attached hydrogens (primary N) is 1. The summed E-state index contributed by atoms with van der Waals surface area (Å²) in [6, 6.07) is 1.81. The number of hydrogen-bond acceptors (Lipinski definition) is 2. The number of rotatable bonds is 1. The van der Waals surface area contributed by atoms with Crippen molar-refractivity contribution in [1.82, 2.24) is 0 Å². The molecule has 0 radical (unpaired) electrons. The van der Waals surface area contributed by atoms with E-state index in [-0.39, 0.29) is 5.13 Å². The SMILES string of the molecule is Cc1cc(C(C)(C)N)c(F)s1. The largest absolute Gasteiger partial charge is 0.322 e. The number of aryl methyl sites for hydroxylation is 1. The molecule has 0 spiro atoms. The summed E-state index contributed by atoms with van der Waals surface area (Å²) in [7, 11) is 0. The highest BCUT2D eigenvalue weighted by atomic mass is 32.1. The molecule has 0 aliphatic rings. The molecule has 62 valence electrons. The second kappa shape index (κ2) is 2.57. The van der Waals surface area contributed by atoms with Gasteiger partial charge >= 0.3 is 0 Å². The zero-order chi connectivity index (χ0) is 8.65. The lowest BCUT2D eigenvalue weighted by atomic mass is 9.98. The Balaban J connectivity index is 3.13. The number of hydrogen-bond donors (Lipinski definition) is 1.